The highest BCUT2D eigenvalue weighted by Gasteiger charge is 2.02. The van der Waals surface area contributed by atoms with Gasteiger partial charge in [-0.1, -0.05) is 0 Å². The lowest BCUT2D eigenvalue weighted by atomic mass is 10.1. The van der Waals surface area contributed by atoms with Crippen molar-refractivity contribution in [1.29, 1.82) is 0 Å². The number of pyridine rings is 1. The highest BCUT2D eigenvalue weighted by atomic mass is 16.5. The Balaban J connectivity index is 2.26. The molecule has 1 N–H and O–H groups in total. The number of hydrogen-bond acceptors (Lipinski definition) is 5. The van der Waals surface area contributed by atoms with Gasteiger partial charge in [0.25, 0.3) is 0 Å². The van der Waals surface area contributed by atoms with Gasteiger partial charge in [0.2, 0.25) is 11.8 Å². The first-order valence-corrected chi connectivity index (χ1v) is 5.40. The molecule has 0 aliphatic carbocycles. The monoisotopic (exact) mass is 230 g/mol. The number of methoxy groups -OCH3 is 1. The van der Waals surface area contributed by atoms with Gasteiger partial charge in [-0.2, -0.15) is 0 Å². The zero-order valence-corrected chi connectivity index (χ0v) is 9.84. The molecule has 0 aliphatic rings. The number of rotatable bonds is 4. The molecule has 0 unspecified atom stereocenters. The third kappa shape index (κ3) is 2.69. The zero-order valence-electron chi connectivity index (χ0n) is 9.84. The molecule has 2 aromatic heterocycles. The van der Waals surface area contributed by atoms with Crippen molar-refractivity contribution in [3.05, 3.63) is 30.7 Å². The van der Waals surface area contributed by atoms with Crippen molar-refractivity contribution in [3.63, 3.8) is 0 Å². The first kappa shape index (κ1) is 11.3. The van der Waals surface area contributed by atoms with Crippen LogP contribution in [0.3, 0.4) is 0 Å². The van der Waals surface area contributed by atoms with E-state index in [1.165, 1.54) is 0 Å². The van der Waals surface area contributed by atoms with Gasteiger partial charge in [0.05, 0.1) is 7.11 Å². The molecule has 0 fully saturated rings. The summed E-state index contributed by atoms with van der Waals surface area (Å²) in [7, 11) is 1.59. The predicted molar refractivity (Wildman–Crippen MR) is 66.0 cm³/mol. The predicted octanol–water partition coefficient (Wildman–Crippen LogP) is 1.98. The van der Waals surface area contributed by atoms with E-state index in [1.54, 1.807) is 25.7 Å². The smallest absolute Gasteiger partial charge is 0.222 e. The lowest BCUT2D eigenvalue weighted by Gasteiger charge is -2.04. The molecule has 17 heavy (non-hydrogen) atoms. The molecular weight excluding hydrogens is 216 g/mol. The summed E-state index contributed by atoms with van der Waals surface area (Å²) in [4.78, 5) is 12.5. The van der Waals surface area contributed by atoms with Crippen molar-refractivity contribution in [2.24, 2.45) is 0 Å². The third-order valence-corrected chi connectivity index (χ3v) is 2.26. The molecule has 2 heterocycles. The van der Waals surface area contributed by atoms with Crippen LogP contribution in [-0.4, -0.2) is 28.6 Å². The maximum absolute atomic E-state index is 5.07. The van der Waals surface area contributed by atoms with Crippen LogP contribution in [0.5, 0.6) is 5.88 Å². The molecule has 0 radical (unpaired) electrons. The number of hydrogen-bond donors (Lipinski definition) is 1. The van der Waals surface area contributed by atoms with E-state index < -0.39 is 0 Å². The average Bonchev–Trinajstić information content (AvgIpc) is 2.40. The van der Waals surface area contributed by atoms with Crippen LogP contribution >= 0.6 is 0 Å². The van der Waals surface area contributed by atoms with Crippen LogP contribution in [0.25, 0.3) is 11.1 Å². The van der Waals surface area contributed by atoms with Crippen molar-refractivity contribution in [2.75, 3.05) is 19.0 Å². The summed E-state index contributed by atoms with van der Waals surface area (Å²) in [5.74, 6) is 1.22. The molecule has 2 aromatic rings. The summed E-state index contributed by atoms with van der Waals surface area (Å²) in [6.07, 6.45) is 5.26. The molecule has 0 atom stereocenters. The van der Waals surface area contributed by atoms with Crippen molar-refractivity contribution >= 4 is 5.95 Å². The van der Waals surface area contributed by atoms with E-state index in [1.807, 2.05) is 19.1 Å². The van der Waals surface area contributed by atoms with Crippen LogP contribution in [0, 0.1) is 0 Å². The van der Waals surface area contributed by atoms with E-state index in [9.17, 15) is 0 Å². The molecule has 0 aliphatic heterocycles. The lowest BCUT2D eigenvalue weighted by molar-refractivity contribution is 0.398. The fraction of sp³-hybridized carbons (Fsp3) is 0.250. The topological polar surface area (TPSA) is 59.9 Å². The molecule has 0 saturated carbocycles. The van der Waals surface area contributed by atoms with Crippen molar-refractivity contribution in [3.8, 4) is 17.0 Å². The molecule has 2 rings (SSSR count). The minimum Gasteiger partial charge on any atom is -0.481 e. The number of anilines is 1. The Morgan fingerprint density at radius 1 is 1.18 bits per heavy atom. The Bertz CT molecular complexity index is 484. The standard InChI is InChI=1S/C12H14N4O/c1-3-13-12-15-7-10(8-16-12)9-4-5-14-11(6-9)17-2/h4-8H,3H2,1-2H3,(H,13,15,16). The molecule has 0 bridgehead atoms. The Morgan fingerprint density at radius 2 is 1.94 bits per heavy atom. The molecule has 0 amide bonds. The minimum atomic E-state index is 0.582. The zero-order chi connectivity index (χ0) is 12.1. The van der Waals surface area contributed by atoms with Crippen LogP contribution in [0.4, 0.5) is 5.95 Å². The maximum Gasteiger partial charge on any atom is 0.222 e. The first-order valence-electron chi connectivity index (χ1n) is 5.40. The van der Waals surface area contributed by atoms with Crippen molar-refractivity contribution in [1.82, 2.24) is 15.0 Å². The summed E-state index contributed by atoms with van der Waals surface area (Å²) in [6, 6.07) is 3.75. The summed E-state index contributed by atoms with van der Waals surface area (Å²) in [6.45, 7) is 2.81. The first-order chi connectivity index (χ1) is 8.33. The number of nitrogens with zero attached hydrogens (tertiary/aromatic N) is 3. The number of nitrogens with one attached hydrogen (secondary N) is 1. The third-order valence-electron chi connectivity index (χ3n) is 2.26. The van der Waals surface area contributed by atoms with Gasteiger partial charge in [-0.25, -0.2) is 15.0 Å². The SMILES string of the molecule is CCNc1ncc(-c2ccnc(OC)c2)cn1. The van der Waals surface area contributed by atoms with E-state index in [4.69, 9.17) is 4.74 Å². The van der Waals surface area contributed by atoms with Crippen LogP contribution in [-0.2, 0) is 0 Å². The van der Waals surface area contributed by atoms with Crippen molar-refractivity contribution in [2.45, 2.75) is 6.92 Å². The largest absolute Gasteiger partial charge is 0.481 e. The summed E-state index contributed by atoms with van der Waals surface area (Å²) in [5, 5.41) is 3.05. The Kier molecular flexibility index (Phi) is 3.49. The second kappa shape index (κ2) is 5.25. The Labute approximate surface area is 99.9 Å². The van der Waals surface area contributed by atoms with E-state index in [0.29, 0.717) is 11.8 Å². The number of aromatic nitrogens is 3. The van der Waals surface area contributed by atoms with Crippen LogP contribution < -0.4 is 10.1 Å². The Hall–Kier alpha value is -2.17. The average molecular weight is 230 g/mol. The van der Waals surface area contributed by atoms with Crippen molar-refractivity contribution < 1.29 is 4.74 Å². The van der Waals surface area contributed by atoms with Gasteiger partial charge in [0, 0.05) is 36.8 Å². The van der Waals surface area contributed by atoms with Gasteiger partial charge < -0.3 is 10.1 Å². The van der Waals surface area contributed by atoms with E-state index in [0.717, 1.165) is 17.7 Å². The molecular formula is C12H14N4O. The number of ether oxygens (including phenoxy) is 1. The summed E-state index contributed by atoms with van der Waals surface area (Å²) >= 11 is 0. The van der Waals surface area contributed by atoms with Gasteiger partial charge in [-0.3, -0.25) is 0 Å². The molecule has 0 aromatic carbocycles. The summed E-state index contributed by atoms with van der Waals surface area (Å²) in [5.41, 5.74) is 1.92. The Morgan fingerprint density at radius 3 is 2.59 bits per heavy atom. The van der Waals surface area contributed by atoms with Gasteiger partial charge in [-0.05, 0) is 18.6 Å². The fourth-order valence-electron chi connectivity index (χ4n) is 1.43. The molecule has 5 nitrogen and oxygen atoms in total. The molecule has 0 saturated heterocycles. The van der Waals surface area contributed by atoms with E-state index in [2.05, 4.69) is 20.3 Å². The highest BCUT2D eigenvalue weighted by Crippen LogP contribution is 2.20. The van der Waals surface area contributed by atoms with Gasteiger partial charge in [-0.15, -0.1) is 0 Å². The van der Waals surface area contributed by atoms with Crippen LogP contribution in [0.2, 0.25) is 0 Å². The lowest BCUT2D eigenvalue weighted by Crippen LogP contribution is -2.01. The maximum atomic E-state index is 5.07. The van der Waals surface area contributed by atoms with Crippen LogP contribution in [0.15, 0.2) is 30.7 Å². The van der Waals surface area contributed by atoms with E-state index in [-0.39, 0.29) is 0 Å². The van der Waals surface area contributed by atoms with Gasteiger partial charge in [0.1, 0.15) is 0 Å². The minimum absolute atomic E-state index is 0.582. The normalized spacial score (nSPS) is 10.0. The second-order valence-corrected chi connectivity index (χ2v) is 3.41. The van der Waals surface area contributed by atoms with Gasteiger partial charge in [0.15, 0.2) is 0 Å². The molecule has 88 valence electrons. The van der Waals surface area contributed by atoms with Gasteiger partial charge >= 0.3 is 0 Å². The fourth-order valence-corrected chi connectivity index (χ4v) is 1.43. The van der Waals surface area contributed by atoms with E-state index >= 15 is 0 Å². The summed E-state index contributed by atoms with van der Waals surface area (Å²) < 4.78 is 5.07. The second-order valence-electron chi connectivity index (χ2n) is 3.41. The molecule has 0 spiro atoms. The quantitative estimate of drug-likeness (QED) is 0.870. The van der Waals surface area contributed by atoms with Crippen LogP contribution in [0.1, 0.15) is 6.92 Å². The molecule has 5 heteroatoms. The highest BCUT2D eigenvalue weighted by molar-refractivity contribution is 5.62.